The van der Waals surface area contributed by atoms with Gasteiger partial charge in [-0.15, -0.1) is 0 Å². The van der Waals surface area contributed by atoms with Gasteiger partial charge in [-0.05, 0) is 68.3 Å². The number of allylic oxidation sites excluding steroid dienone is 1. The van der Waals surface area contributed by atoms with E-state index in [9.17, 15) is 14.9 Å². The molecule has 0 saturated carbocycles. The second-order valence-electron chi connectivity index (χ2n) is 10.5. The first kappa shape index (κ1) is 33.7. The number of nitrogens with zero attached hydrogens (tertiary/aromatic N) is 3. The van der Waals surface area contributed by atoms with Crippen molar-refractivity contribution in [3.63, 3.8) is 0 Å². The number of fused-ring (bicyclic) bond motifs is 1. The second kappa shape index (κ2) is 15.3. The number of rotatable bonds is 12. The molecule has 242 valence electrons. The number of aromatic nitrogens is 1. The van der Waals surface area contributed by atoms with Gasteiger partial charge in [-0.1, -0.05) is 64.9 Å². The highest BCUT2D eigenvalue weighted by molar-refractivity contribution is 9.10. The minimum atomic E-state index is -0.813. The summed E-state index contributed by atoms with van der Waals surface area (Å²) >= 11 is 4.80. The Labute approximate surface area is 285 Å². The van der Waals surface area contributed by atoms with E-state index in [1.165, 1.54) is 11.3 Å². The third-order valence-corrected chi connectivity index (χ3v) is 8.94. The van der Waals surface area contributed by atoms with Crippen LogP contribution >= 0.6 is 27.3 Å². The lowest BCUT2D eigenvalue weighted by Gasteiger charge is -2.27. The Morgan fingerprint density at radius 3 is 2.55 bits per heavy atom. The maximum absolute atomic E-state index is 14.2. The van der Waals surface area contributed by atoms with Gasteiger partial charge in [0.25, 0.3) is 5.56 Å². The quantitative estimate of drug-likeness (QED) is 0.161. The molecule has 1 atom stereocenters. The van der Waals surface area contributed by atoms with E-state index in [1.807, 2.05) is 56.3 Å². The Morgan fingerprint density at radius 2 is 1.83 bits per heavy atom. The summed E-state index contributed by atoms with van der Waals surface area (Å²) in [7, 11) is 1.56. The molecule has 0 unspecified atom stereocenters. The van der Waals surface area contributed by atoms with E-state index in [2.05, 4.69) is 22.0 Å². The zero-order valence-corrected chi connectivity index (χ0v) is 28.9. The predicted octanol–water partition coefficient (Wildman–Crippen LogP) is 6.20. The number of nitriles is 1. The minimum absolute atomic E-state index is 0.182. The lowest BCUT2D eigenvalue weighted by atomic mass is 9.93. The topological polar surface area (TPSA) is 112 Å². The van der Waals surface area contributed by atoms with Gasteiger partial charge in [-0.25, -0.2) is 9.79 Å². The van der Waals surface area contributed by atoms with Crippen LogP contribution in [0.4, 0.5) is 0 Å². The molecule has 1 aliphatic heterocycles. The molecule has 5 rings (SSSR count). The van der Waals surface area contributed by atoms with Crippen molar-refractivity contribution in [2.45, 2.75) is 46.3 Å². The summed E-state index contributed by atoms with van der Waals surface area (Å²) in [4.78, 5) is 33.1. The lowest BCUT2D eigenvalue weighted by Crippen LogP contribution is -2.40. The molecule has 9 nitrogen and oxygen atoms in total. The van der Waals surface area contributed by atoms with Crippen molar-refractivity contribution in [2.75, 3.05) is 20.3 Å². The number of hydrogen-bond acceptors (Lipinski definition) is 9. The minimum Gasteiger partial charge on any atom is -0.496 e. The van der Waals surface area contributed by atoms with E-state index in [1.54, 1.807) is 42.9 Å². The van der Waals surface area contributed by atoms with E-state index in [4.69, 9.17) is 23.9 Å². The van der Waals surface area contributed by atoms with Crippen molar-refractivity contribution < 1.29 is 23.7 Å². The van der Waals surface area contributed by atoms with E-state index in [0.29, 0.717) is 62.0 Å². The second-order valence-corrected chi connectivity index (χ2v) is 12.4. The highest BCUT2D eigenvalue weighted by Gasteiger charge is 2.36. The summed E-state index contributed by atoms with van der Waals surface area (Å²) in [5.41, 5.74) is 3.28. The van der Waals surface area contributed by atoms with Gasteiger partial charge in [0.15, 0.2) is 16.3 Å². The van der Waals surface area contributed by atoms with E-state index >= 15 is 0 Å². The molecule has 1 aliphatic rings. The van der Waals surface area contributed by atoms with Crippen LogP contribution in [0.1, 0.15) is 61.9 Å². The number of hydrogen-bond donors (Lipinski definition) is 0. The van der Waals surface area contributed by atoms with Gasteiger partial charge in [0.1, 0.15) is 18.4 Å². The number of halogens is 1. The van der Waals surface area contributed by atoms with Gasteiger partial charge in [0.05, 0.1) is 47.8 Å². The summed E-state index contributed by atoms with van der Waals surface area (Å²) in [5, 5.41) is 9.44. The van der Waals surface area contributed by atoms with Crippen molar-refractivity contribution >= 4 is 39.3 Å². The fourth-order valence-corrected chi connectivity index (χ4v) is 6.80. The van der Waals surface area contributed by atoms with Gasteiger partial charge in [0.2, 0.25) is 0 Å². The lowest BCUT2D eigenvalue weighted by molar-refractivity contribution is -0.139. The smallest absolute Gasteiger partial charge is 0.338 e. The third kappa shape index (κ3) is 7.19. The number of esters is 1. The summed E-state index contributed by atoms with van der Waals surface area (Å²) in [6, 6.07) is 19.6. The summed E-state index contributed by atoms with van der Waals surface area (Å²) in [6.07, 6.45) is 3.06. The van der Waals surface area contributed by atoms with E-state index < -0.39 is 12.0 Å². The maximum atomic E-state index is 14.2. The molecule has 2 heterocycles. The standard InChI is InChI=1S/C36H34BrN3O6S/c1-5-10-27-32(35(42)45-7-3)33(26-19-25(37)14-16-28(26)43-4)40-34(41)31(47-36(40)39-27)18-22-13-15-29(30(17-22)44-6-2)46-21-24-12-9-8-11-23(24)20-38/h8-9,11-19,33H,5-7,10,21H2,1-4H3/b31-18+/t33-/m0/s1. The van der Waals surface area contributed by atoms with Crippen molar-refractivity contribution in [2.24, 2.45) is 4.99 Å². The van der Waals surface area contributed by atoms with Crippen LogP contribution in [-0.2, 0) is 16.1 Å². The molecule has 4 aromatic rings. The molecular formula is C36H34BrN3O6S. The number of methoxy groups -OCH3 is 1. The van der Waals surface area contributed by atoms with Crippen LogP contribution in [0.3, 0.4) is 0 Å². The normalized spacial score (nSPS) is 14.2. The zero-order chi connectivity index (χ0) is 33.5. The molecule has 0 saturated heterocycles. The SMILES string of the molecule is CCCC1=C(C(=O)OCC)[C@H](c2cc(Br)ccc2OC)n2c(s/c(=C/c3ccc(OCc4ccccc4C#N)c(OCC)c3)c2=O)=N1. The van der Waals surface area contributed by atoms with Crippen molar-refractivity contribution in [1.29, 1.82) is 5.26 Å². The number of carbonyl (C=O) groups excluding carboxylic acids is 1. The van der Waals surface area contributed by atoms with Crippen LogP contribution in [0, 0.1) is 11.3 Å². The summed E-state index contributed by atoms with van der Waals surface area (Å²) in [6.45, 7) is 6.43. The van der Waals surface area contributed by atoms with Crippen LogP contribution in [-0.4, -0.2) is 30.9 Å². The predicted molar refractivity (Wildman–Crippen MR) is 183 cm³/mol. The van der Waals surface area contributed by atoms with Crippen LogP contribution in [0.15, 0.2) is 86.2 Å². The molecule has 0 aliphatic carbocycles. The first-order valence-corrected chi connectivity index (χ1v) is 16.9. The van der Waals surface area contributed by atoms with Crippen molar-refractivity contribution in [3.05, 3.63) is 118 Å². The number of thiazole rings is 1. The highest BCUT2D eigenvalue weighted by atomic mass is 79.9. The van der Waals surface area contributed by atoms with Crippen molar-refractivity contribution in [1.82, 2.24) is 4.57 Å². The Balaban J connectivity index is 1.63. The molecule has 1 aromatic heterocycles. The van der Waals surface area contributed by atoms with Crippen LogP contribution < -0.4 is 29.1 Å². The fourth-order valence-electron chi connectivity index (χ4n) is 5.40. The third-order valence-electron chi connectivity index (χ3n) is 7.46. The largest absolute Gasteiger partial charge is 0.496 e. The molecule has 47 heavy (non-hydrogen) atoms. The molecule has 0 amide bonds. The number of benzene rings is 3. The van der Waals surface area contributed by atoms with Crippen LogP contribution in [0.5, 0.6) is 17.2 Å². The molecule has 3 aromatic carbocycles. The Kier molecular flexibility index (Phi) is 11.0. The molecule has 0 bridgehead atoms. The van der Waals surface area contributed by atoms with Crippen LogP contribution in [0.2, 0.25) is 0 Å². The number of carbonyl (C=O) groups is 1. The zero-order valence-electron chi connectivity index (χ0n) is 26.5. The van der Waals surface area contributed by atoms with Crippen molar-refractivity contribution in [3.8, 4) is 23.3 Å². The van der Waals surface area contributed by atoms with E-state index in [0.717, 1.165) is 22.0 Å². The van der Waals surface area contributed by atoms with Gasteiger partial charge in [-0.3, -0.25) is 9.36 Å². The monoisotopic (exact) mass is 715 g/mol. The highest BCUT2D eigenvalue weighted by Crippen LogP contribution is 2.38. The van der Waals surface area contributed by atoms with E-state index in [-0.39, 0.29) is 18.8 Å². The number of ether oxygens (including phenoxy) is 4. The molecule has 0 spiro atoms. The average molecular weight is 717 g/mol. The Bertz CT molecular complexity index is 2060. The van der Waals surface area contributed by atoms with Crippen LogP contribution in [0.25, 0.3) is 6.08 Å². The molecule has 0 fully saturated rings. The summed E-state index contributed by atoms with van der Waals surface area (Å²) < 4.78 is 26.0. The maximum Gasteiger partial charge on any atom is 0.338 e. The Morgan fingerprint density at radius 1 is 1.04 bits per heavy atom. The summed E-state index contributed by atoms with van der Waals surface area (Å²) in [5.74, 6) is 1.04. The first-order chi connectivity index (χ1) is 22.8. The average Bonchev–Trinajstić information content (AvgIpc) is 3.38. The molecule has 0 N–H and O–H groups in total. The van der Waals surface area contributed by atoms with Gasteiger partial charge < -0.3 is 18.9 Å². The first-order valence-electron chi connectivity index (χ1n) is 15.3. The molecule has 0 radical (unpaired) electrons. The molecular weight excluding hydrogens is 682 g/mol. The van der Waals surface area contributed by atoms with Gasteiger partial charge in [0, 0.05) is 15.6 Å². The Hall–Kier alpha value is -4.66. The van der Waals surface area contributed by atoms with Gasteiger partial charge >= 0.3 is 5.97 Å². The molecule has 11 heteroatoms. The fraction of sp³-hybridized carbons (Fsp3) is 0.278. The van der Waals surface area contributed by atoms with Gasteiger partial charge in [-0.2, -0.15) is 5.26 Å².